The molecule has 0 N–H and O–H groups in total. The highest BCUT2D eigenvalue weighted by Gasteiger charge is 2.49. The zero-order valence-corrected chi connectivity index (χ0v) is 46.2. The molecule has 4 heterocycles. The summed E-state index contributed by atoms with van der Waals surface area (Å²) in [5.74, 6) is 0. The van der Waals surface area contributed by atoms with E-state index in [1.807, 2.05) is 55.4 Å². The van der Waals surface area contributed by atoms with Crippen molar-refractivity contribution in [1.82, 2.24) is 4.57 Å². The van der Waals surface area contributed by atoms with Gasteiger partial charge >= 0.3 is 0 Å². The zero-order valence-electron chi connectivity index (χ0n) is 71.2. The maximum atomic E-state index is 11.5. The summed E-state index contributed by atoms with van der Waals surface area (Å²) in [6.07, 6.45) is 1.94. The fourth-order valence-electron chi connectivity index (χ4n) is 12.5. The molecule has 9 aromatic rings. The summed E-state index contributed by atoms with van der Waals surface area (Å²) in [4.78, 5) is 3.25. The summed E-state index contributed by atoms with van der Waals surface area (Å²) in [5.41, 5.74) is -10.4. The first-order chi connectivity index (χ1) is 46.9. The van der Waals surface area contributed by atoms with E-state index in [2.05, 4.69) is 0 Å². The van der Waals surface area contributed by atoms with E-state index in [0.717, 1.165) is 0 Å². The smallest absolute Gasteiger partial charge is 0.252 e. The molecule has 0 atom stereocenters. The van der Waals surface area contributed by atoms with Crippen LogP contribution in [0.1, 0.15) is 190 Å². The van der Waals surface area contributed by atoms with E-state index in [0.29, 0.717) is 52.8 Å². The Balaban J connectivity index is 1.36. The molecular formula is C72H75BN4. The van der Waals surface area contributed by atoms with Crippen molar-refractivity contribution in [1.29, 1.82) is 0 Å². The number of benzene rings is 8. The topological polar surface area (TPSA) is 14.7 Å². The van der Waals surface area contributed by atoms with Crippen molar-refractivity contribution >= 4 is 96.1 Å². The second-order valence-corrected chi connectivity index (χ2v) is 26.4. The number of fused-ring (bicyclic) bond motifs is 11. The molecule has 77 heavy (non-hydrogen) atoms. The van der Waals surface area contributed by atoms with E-state index >= 15 is 0 Å². The molecule has 0 saturated heterocycles. The summed E-state index contributed by atoms with van der Waals surface area (Å²) >= 11 is 0. The number of nitrogens with zero attached hydrogens (tertiary/aromatic N) is 4. The van der Waals surface area contributed by atoms with Crippen LogP contribution in [0, 0.1) is 0 Å². The lowest BCUT2D eigenvalue weighted by molar-refractivity contribution is 0.332. The highest BCUT2D eigenvalue weighted by molar-refractivity contribution is 7.00. The van der Waals surface area contributed by atoms with Gasteiger partial charge in [0.2, 0.25) is 0 Å². The summed E-state index contributed by atoms with van der Waals surface area (Å²) in [6, 6.07) is -17.6. The van der Waals surface area contributed by atoms with Gasteiger partial charge in [-0.05, 0) is 193 Å². The molecular weight excluding hydrogens is 932 g/mol. The largest absolute Gasteiger partial charge is 0.311 e. The van der Waals surface area contributed by atoms with Gasteiger partial charge in [-0.2, -0.15) is 0 Å². The Morgan fingerprint density at radius 2 is 1.00 bits per heavy atom. The van der Waals surface area contributed by atoms with Crippen LogP contribution >= 0.6 is 0 Å². The number of rotatable bonds is 4. The Bertz CT molecular complexity index is 5350. The quantitative estimate of drug-likeness (QED) is 0.163. The predicted molar refractivity (Wildman–Crippen MR) is 331 cm³/mol. The number of anilines is 9. The molecule has 0 saturated carbocycles. The van der Waals surface area contributed by atoms with Gasteiger partial charge in [0.15, 0.2) is 0 Å². The summed E-state index contributed by atoms with van der Waals surface area (Å²) in [6.45, 7) is 24.1. The summed E-state index contributed by atoms with van der Waals surface area (Å²) in [7, 11) is 0. The van der Waals surface area contributed by atoms with E-state index in [1.54, 1.807) is 41.5 Å². The molecule has 5 aliphatic rings. The minimum absolute atomic E-state index is 0.0253. The molecule has 0 spiro atoms. The first-order valence-electron chi connectivity index (χ1n) is 39.2. The van der Waals surface area contributed by atoms with Gasteiger partial charge in [0.1, 0.15) is 0 Å². The molecule has 0 fully saturated rings. The van der Waals surface area contributed by atoms with E-state index in [1.165, 1.54) is 14.4 Å². The molecule has 386 valence electrons. The molecule has 5 heteroatoms. The van der Waals surface area contributed by atoms with Crippen LogP contribution in [0.15, 0.2) is 151 Å². The van der Waals surface area contributed by atoms with Crippen LogP contribution in [-0.2, 0) is 32.5 Å². The highest BCUT2D eigenvalue weighted by Crippen LogP contribution is 2.57. The molecule has 2 aliphatic carbocycles. The summed E-state index contributed by atoms with van der Waals surface area (Å²) in [5, 5.41) is -0.115. The maximum absolute atomic E-state index is 11.5. The van der Waals surface area contributed by atoms with Gasteiger partial charge in [-0.25, -0.2) is 0 Å². The van der Waals surface area contributed by atoms with Crippen molar-refractivity contribution in [3.05, 3.63) is 184 Å². The zero-order chi connectivity index (χ0) is 75.4. The van der Waals surface area contributed by atoms with Crippen LogP contribution in [0.25, 0.3) is 27.5 Å². The minimum Gasteiger partial charge on any atom is -0.311 e. The third-order valence-corrected chi connectivity index (χ3v) is 17.1. The van der Waals surface area contributed by atoms with E-state index in [9.17, 15) is 31.5 Å². The van der Waals surface area contributed by atoms with E-state index < -0.39 is 182 Å². The number of aromatic nitrogens is 1. The van der Waals surface area contributed by atoms with Crippen LogP contribution in [0.2, 0.25) is 0 Å². The fraction of sp³-hybridized carbons (Fsp3) is 0.333. The Kier molecular flexibility index (Phi) is 5.88. The van der Waals surface area contributed by atoms with Gasteiger partial charge in [0.05, 0.1) is 68.1 Å². The summed E-state index contributed by atoms with van der Waals surface area (Å²) < 4.78 is 255. The van der Waals surface area contributed by atoms with Gasteiger partial charge in [0.25, 0.3) is 6.71 Å². The van der Waals surface area contributed by atoms with Crippen LogP contribution in [0.3, 0.4) is 0 Å². The van der Waals surface area contributed by atoms with Crippen LogP contribution < -0.4 is 31.1 Å². The predicted octanol–water partition coefficient (Wildman–Crippen LogP) is 17.9. The average Bonchev–Trinajstić information content (AvgIpc) is 1.36. The molecule has 14 rings (SSSR count). The molecule has 1 aromatic heterocycles. The lowest BCUT2D eigenvalue weighted by Gasteiger charge is -2.49. The Morgan fingerprint density at radius 1 is 0.442 bits per heavy atom. The molecule has 0 amide bonds. The fourth-order valence-corrected chi connectivity index (χ4v) is 12.5. The second kappa shape index (κ2) is 15.8. The van der Waals surface area contributed by atoms with Crippen molar-refractivity contribution in [2.75, 3.05) is 14.7 Å². The van der Waals surface area contributed by atoms with Crippen LogP contribution in [0.5, 0.6) is 0 Å². The Hall–Kier alpha value is -6.98. The van der Waals surface area contributed by atoms with E-state index in [-0.39, 0.29) is 114 Å². The standard InChI is InChI=1S/C72H75BN4/c1-67(2,3)44-28-31-58-50(36-44)51-37-45(68(4,5)6)38-63-65(51)76(58)59-27-21-26-56-66(59)77(63)62-41-49(74(46-22-17-15-18-23-46)47-24-19-16-20-25-47)40-61-64(62)73(56)57-42-54-55(72(13,14)35-34-71(54,11)12)43-60(57)75(61)48-29-30-52-53(39-48)70(9,10)33-32-69(52,7)8/h15-31,36-43H,32-35H2,1-14H3/i15D,16D,17D,18D,19D,20D,21D,22D,23D,24D,25D,26D,27D,28D,29D,30D,31D,36D,37D,38D,39D,40D,41D,42D,43D. The minimum atomic E-state index is -1.78. The van der Waals surface area contributed by atoms with Gasteiger partial charge in [-0.1, -0.05) is 163 Å². The van der Waals surface area contributed by atoms with Gasteiger partial charge in [-0.3, -0.25) is 0 Å². The molecule has 0 bridgehead atoms. The molecule has 0 radical (unpaired) electrons. The lowest BCUT2D eigenvalue weighted by atomic mass is 9.33. The second-order valence-electron chi connectivity index (χ2n) is 26.4. The SMILES string of the molecule is [2H]c1c([2H])c([2H])c(N(c2c([2H])c([2H])c([2H])c([2H])c2[2H])c2c([2H])c3c4c(c2[2H])N2c5c(c([2H])c([2H])c([2H])c5-n5c6c([2H])c([2H])c(C(C)(C)C)c([2H])c6c6c([2H])c(C(C)(C)C)c([2H])c2c65)B4c2c([2H])c4c(c([2H])c2N3c2c([2H])c([2H])c3c(c2[2H])C(C)(C)CCC3(C)C)C(C)(C)CCC4(C)C)c([2H])c1[2H]. The van der Waals surface area contributed by atoms with E-state index in [4.69, 9.17) is 2.74 Å². The van der Waals surface area contributed by atoms with Crippen LogP contribution in [-0.4, -0.2) is 11.3 Å². The molecule has 0 unspecified atom stereocenters. The normalized spacial score (nSPS) is 22.4. The third-order valence-electron chi connectivity index (χ3n) is 17.1. The Morgan fingerprint density at radius 3 is 1.61 bits per heavy atom. The van der Waals surface area contributed by atoms with Gasteiger partial charge < -0.3 is 19.3 Å². The van der Waals surface area contributed by atoms with Crippen molar-refractivity contribution in [3.8, 4) is 5.69 Å². The van der Waals surface area contributed by atoms with Crippen molar-refractivity contribution in [2.45, 2.75) is 155 Å². The van der Waals surface area contributed by atoms with Gasteiger partial charge in [0, 0.05) is 44.9 Å². The molecule has 3 aliphatic heterocycles. The van der Waals surface area contributed by atoms with Crippen molar-refractivity contribution in [2.24, 2.45) is 0 Å². The first kappa shape index (κ1) is 28.6. The van der Waals surface area contributed by atoms with Crippen molar-refractivity contribution < 1.29 is 34.3 Å². The van der Waals surface area contributed by atoms with Gasteiger partial charge in [-0.15, -0.1) is 0 Å². The van der Waals surface area contributed by atoms with Crippen LogP contribution in [0.4, 0.5) is 51.2 Å². The number of hydrogen-bond donors (Lipinski definition) is 0. The highest BCUT2D eigenvalue weighted by atomic mass is 15.2. The monoisotopic (exact) mass is 1030 g/mol. The molecule has 4 nitrogen and oxygen atoms in total. The maximum Gasteiger partial charge on any atom is 0.252 e. The molecule has 8 aromatic carbocycles. The lowest BCUT2D eigenvalue weighted by Crippen LogP contribution is -2.62. The Labute approximate surface area is 494 Å². The average molecular weight is 1030 g/mol. The number of hydrogen-bond acceptors (Lipinski definition) is 3. The first-order valence-corrected chi connectivity index (χ1v) is 26.7. The van der Waals surface area contributed by atoms with Crippen molar-refractivity contribution in [3.63, 3.8) is 0 Å². The number of para-hydroxylation sites is 3. The third kappa shape index (κ3) is 6.96.